The number of hydrogen-bond acceptors (Lipinski definition) is 7. The minimum atomic E-state index is -0.795. The monoisotopic (exact) mass is 542 g/mol. The van der Waals surface area contributed by atoms with Crippen LogP contribution in [-0.4, -0.2) is 30.9 Å². The molecule has 4 aromatic rings. The van der Waals surface area contributed by atoms with Gasteiger partial charge in [-0.15, -0.1) is 0 Å². The van der Waals surface area contributed by atoms with E-state index < -0.39 is 12.0 Å². The van der Waals surface area contributed by atoms with Crippen molar-refractivity contribution in [2.45, 2.75) is 33.2 Å². The van der Waals surface area contributed by atoms with Crippen molar-refractivity contribution < 1.29 is 19.0 Å². The Balaban J connectivity index is 1.78. The molecule has 0 fully saturated rings. The van der Waals surface area contributed by atoms with Gasteiger partial charge in [0.25, 0.3) is 5.56 Å². The number of carbonyl (C=O) groups is 1. The van der Waals surface area contributed by atoms with Gasteiger partial charge >= 0.3 is 5.97 Å². The number of ether oxygens (including phenoxy) is 3. The molecule has 0 saturated heterocycles. The van der Waals surface area contributed by atoms with E-state index in [1.807, 2.05) is 67.6 Å². The molecule has 7 nitrogen and oxygen atoms in total. The second-order valence-corrected chi connectivity index (χ2v) is 10.1. The molecule has 0 radical (unpaired) electrons. The third kappa shape index (κ3) is 4.88. The molecule has 1 aliphatic rings. The lowest BCUT2D eigenvalue weighted by molar-refractivity contribution is -0.139. The Morgan fingerprint density at radius 3 is 2.62 bits per heavy atom. The largest absolute Gasteiger partial charge is 0.493 e. The number of benzene rings is 3. The molecule has 1 aromatic heterocycles. The minimum absolute atomic E-state index is 0.200. The van der Waals surface area contributed by atoms with Gasteiger partial charge in [-0.25, -0.2) is 9.79 Å². The van der Waals surface area contributed by atoms with Crippen molar-refractivity contribution in [2.75, 3.05) is 20.3 Å². The van der Waals surface area contributed by atoms with E-state index in [9.17, 15) is 9.59 Å². The first-order chi connectivity index (χ1) is 19.0. The SMILES string of the molecule is CCCOc1c(OC)cccc1C1C(C(=O)OCC)=C(C)N=c2s/c(=C/c3cccc4ccccc34)c(=O)n21. The second-order valence-electron chi connectivity index (χ2n) is 9.10. The van der Waals surface area contributed by atoms with Crippen LogP contribution >= 0.6 is 11.3 Å². The van der Waals surface area contributed by atoms with Crippen molar-refractivity contribution in [1.29, 1.82) is 0 Å². The summed E-state index contributed by atoms with van der Waals surface area (Å²) in [5.74, 6) is 0.500. The van der Waals surface area contributed by atoms with Crippen LogP contribution in [0.5, 0.6) is 11.5 Å². The number of fused-ring (bicyclic) bond motifs is 2. The first-order valence-electron chi connectivity index (χ1n) is 13.0. The van der Waals surface area contributed by atoms with E-state index in [4.69, 9.17) is 19.2 Å². The average Bonchev–Trinajstić information content (AvgIpc) is 3.25. The van der Waals surface area contributed by atoms with Crippen molar-refractivity contribution in [3.05, 3.63) is 103 Å². The maximum absolute atomic E-state index is 14.1. The number of methoxy groups -OCH3 is 1. The van der Waals surface area contributed by atoms with Gasteiger partial charge in [-0.2, -0.15) is 0 Å². The smallest absolute Gasteiger partial charge is 0.338 e. The summed E-state index contributed by atoms with van der Waals surface area (Å²) in [6, 6.07) is 18.8. The third-order valence-electron chi connectivity index (χ3n) is 6.60. The molecule has 5 rings (SSSR count). The van der Waals surface area contributed by atoms with Crippen LogP contribution in [0.3, 0.4) is 0 Å². The van der Waals surface area contributed by atoms with Crippen LogP contribution in [0.25, 0.3) is 16.8 Å². The number of rotatable bonds is 8. The fraction of sp³-hybridized carbons (Fsp3) is 0.258. The molecule has 0 aliphatic carbocycles. The van der Waals surface area contributed by atoms with Gasteiger partial charge in [-0.1, -0.05) is 72.9 Å². The molecule has 1 atom stereocenters. The maximum Gasteiger partial charge on any atom is 0.338 e. The van der Waals surface area contributed by atoms with Crippen LogP contribution in [0.4, 0.5) is 0 Å². The molecule has 2 heterocycles. The number of carbonyl (C=O) groups excluding carboxylic acids is 1. The van der Waals surface area contributed by atoms with Crippen LogP contribution in [-0.2, 0) is 9.53 Å². The zero-order valence-electron chi connectivity index (χ0n) is 22.4. The summed E-state index contributed by atoms with van der Waals surface area (Å²) in [4.78, 5) is 32.6. The zero-order chi connectivity index (χ0) is 27.5. The van der Waals surface area contributed by atoms with E-state index in [-0.39, 0.29) is 12.2 Å². The van der Waals surface area contributed by atoms with Crippen LogP contribution < -0.4 is 24.4 Å². The second kappa shape index (κ2) is 11.3. The number of para-hydroxylation sites is 1. The Hall–Kier alpha value is -4.17. The number of allylic oxidation sites excluding steroid dienone is 1. The summed E-state index contributed by atoms with van der Waals surface area (Å²) in [6.07, 6.45) is 2.68. The van der Waals surface area contributed by atoms with Crippen LogP contribution in [0.15, 0.2) is 81.7 Å². The predicted octanol–water partition coefficient (Wildman–Crippen LogP) is 4.75. The lowest BCUT2D eigenvalue weighted by Gasteiger charge is -2.27. The zero-order valence-corrected chi connectivity index (χ0v) is 23.2. The van der Waals surface area contributed by atoms with Crippen molar-refractivity contribution >= 4 is 34.2 Å². The molecule has 0 bridgehead atoms. The van der Waals surface area contributed by atoms with Crippen LogP contribution in [0.1, 0.15) is 44.4 Å². The molecule has 200 valence electrons. The van der Waals surface area contributed by atoms with Gasteiger partial charge in [-0.3, -0.25) is 9.36 Å². The molecular weight excluding hydrogens is 512 g/mol. The van der Waals surface area contributed by atoms with E-state index in [0.29, 0.717) is 44.3 Å². The number of nitrogens with zero attached hydrogens (tertiary/aromatic N) is 2. The van der Waals surface area contributed by atoms with Gasteiger partial charge in [0.1, 0.15) is 6.04 Å². The van der Waals surface area contributed by atoms with E-state index in [1.54, 1.807) is 31.6 Å². The van der Waals surface area contributed by atoms with E-state index in [0.717, 1.165) is 22.8 Å². The first kappa shape index (κ1) is 26.4. The predicted molar refractivity (Wildman–Crippen MR) is 153 cm³/mol. The van der Waals surface area contributed by atoms with Gasteiger partial charge in [0.05, 0.1) is 36.1 Å². The normalized spacial score (nSPS) is 15.2. The summed E-state index contributed by atoms with van der Waals surface area (Å²) >= 11 is 1.30. The quantitative estimate of drug-likeness (QED) is 0.300. The average molecular weight is 543 g/mol. The maximum atomic E-state index is 14.1. The van der Waals surface area contributed by atoms with Gasteiger partial charge in [0.2, 0.25) is 0 Å². The highest BCUT2D eigenvalue weighted by Crippen LogP contribution is 2.40. The highest BCUT2D eigenvalue weighted by molar-refractivity contribution is 7.07. The molecule has 0 spiro atoms. The summed E-state index contributed by atoms with van der Waals surface area (Å²) in [6.45, 7) is 6.19. The molecule has 39 heavy (non-hydrogen) atoms. The Morgan fingerprint density at radius 1 is 1.08 bits per heavy atom. The number of hydrogen-bond donors (Lipinski definition) is 0. The van der Waals surface area contributed by atoms with E-state index in [2.05, 4.69) is 0 Å². The number of thiazole rings is 1. The van der Waals surface area contributed by atoms with Crippen molar-refractivity contribution in [1.82, 2.24) is 4.57 Å². The molecule has 0 saturated carbocycles. The van der Waals surface area contributed by atoms with Gasteiger partial charge in [0, 0.05) is 5.56 Å². The molecule has 0 N–H and O–H groups in total. The Labute approximate surface area is 230 Å². The van der Waals surface area contributed by atoms with Gasteiger partial charge in [0.15, 0.2) is 16.3 Å². The number of aromatic nitrogens is 1. The van der Waals surface area contributed by atoms with Crippen molar-refractivity contribution in [3.8, 4) is 11.5 Å². The minimum Gasteiger partial charge on any atom is -0.493 e. The topological polar surface area (TPSA) is 79.1 Å². The standard InChI is InChI=1S/C31H30N2O5S/c1-5-17-38-28-23(15-10-16-24(28)36-4)27-26(30(35)37-6-2)19(3)32-31-33(27)29(34)25(39-31)18-21-13-9-12-20-11-7-8-14-22(20)21/h7-16,18,27H,5-6,17H2,1-4H3/b25-18+. The van der Waals surface area contributed by atoms with E-state index >= 15 is 0 Å². The third-order valence-corrected chi connectivity index (χ3v) is 7.58. The van der Waals surface area contributed by atoms with Gasteiger partial charge < -0.3 is 14.2 Å². The van der Waals surface area contributed by atoms with Crippen molar-refractivity contribution in [3.63, 3.8) is 0 Å². The molecule has 3 aromatic carbocycles. The molecule has 1 unspecified atom stereocenters. The summed E-state index contributed by atoms with van der Waals surface area (Å²) < 4.78 is 19.3. The molecule has 0 amide bonds. The Kier molecular flexibility index (Phi) is 7.65. The molecule has 1 aliphatic heterocycles. The summed E-state index contributed by atoms with van der Waals surface area (Å²) in [5.41, 5.74) is 2.13. The van der Waals surface area contributed by atoms with Gasteiger partial charge in [-0.05, 0) is 48.7 Å². The highest BCUT2D eigenvalue weighted by Gasteiger charge is 2.36. The molecule has 8 heteroatoms. The summed E-state index contributed by atoms with van der Waals surface area (Å²) in [7, 11) is 1.57. The van der Waals surface area contributed by atoms with E-state index in [1.165, 1.54) is 11.3 Å². The van der Waals surface area contributed by atoms with Crippen LogP contribution in [0.2, 0.25) is 0 Å². The fourth-order valence-corrected chi connectivity index (χ4v) is 5.91. The van der Waals surface area contributed by atoms with Crippen molar-refractivity contribution in [2.24, 2.45) is 4.99 Å². The first-order valence-corrected chi connectivity index (χ1v) is 13.8. The Morgan fingerprint density at radius 2 is 1.85 bits per heavy atom. The van der Waals surface area contributed by atoms with Crippen LogP contribution in [0, 0.1) is 0 Å². The fourth-order valence-electron chi connectivity index (χ4n) is 4.87. The highest BCUT2D eigenvalue weighted by atomic mass is 32.1. The lowest BCUT2D eigenvalue weighted by atomic mass is 9.94. The summed E-state index contributed by atoms with van der Waals surface area (Å²) in [5, 5.41) is 2.14. The number of esters is 1. The molecular formula is C31H30N2O5S. The lowest BCUT2D eigenvalue weighted by Crippen LogP contribution is -2.40. The Bertz CT molecular complexity index is 1760.